The van der Waals surface area contributed by atoms with E-state index >= 15 is 0 Å². The molecule has 0 saturated heterocycles. The maximum atomic E-state index is 11.5. The summed E-state index contributed by atoms with van der Waals surface area (Å²) in [6, 6.07) is 0. The fourth-order valence-corrected chi connectivity index (χ4v) is 0.736. The number of hydrogen-bond acceptors (Lipinski definition) is 4. The maximum Gasteiger partial charge on any atom is 0.388 e. The van der Waals surface area contributed by atoms with Gasteiger partial charge < -0.3 is 9.84 Å². The van der Waals surface area contributed by atoms with E-state index in [4.69, 9.17) is 10.1 Å². The maximum absolute atomic E-state index is 11.5. The second-order valence-electron chi connectivity index (χ2n) is 3.47. The van der Waals surface area contributed by atoms with Gasteiger partial charge in [0.25, 0.3) is 0 Å². The Hall–Kier alpha value is -1.83. The molecule has 0 aromatic heterocycles. The molecule has 0 aromatic carbocycles. The fourth-order valence-electron chi connectivity index (χ4n) is 0.736. The molecule has 5 heteroatoms. The fraction of sp³-hybridized carbons (Fsp3) is 0.500. The van der Waals surface area contributed by atoms with E-state index < -0.39 is 11.4 Å². The van der Waals surface area contributed by atoms with Crippen LogP contribution in [-0.4, -0.2) is 17.7 Å². The van der Waals surface area contributed by atoms with Gasteiger partial charge in [-0.2, -0.15) is 0 Å². The van der Waals surface area contributed by atoms with E-state index in [0.29, 0.717) is 6.42 Å². The molecule has 82 valence electrons. The number of aliphatic hydroxyl groups excluding tert-OH is 1. The SMILES string of the molecule is C=CCCOC(=O)C(C)(C)/C(O)=C/[N+]#N. The summed E-state index contributed by atoms with van der Waals surface area (Å²) in [5.41, 5.74) is -1.21. The van der Waals surface area contributed by atoms with Crippen LogP contribution >= 0.6 is 0 Å². The van der Waals surface area contributed by atoms with Crippen LogP contribution in [-0.2, 0) is 9.53 Å². The number of ether oxygens (including phenoxy) is 1. The van der Waals surface area contributed by atoms with Gasteiger partial charge in [-0.05, 0) is 20.3 Å². The minimum Gasteiger partial charge on any atom is -0.505 e. The second kappa shape index (κ2) is 5.81. The van der Waals surface area contributed by atoms with Crippen LogP contribution < -0.4 is 0 Å². The van der Waals surface area contributed by atoms with Gasteiger partial charge in [-0.25, -0.2) is 0 Å². The van der Waals surface area contributed by atoms with E-state index in [2.05, 4.69) is 11.6 Å². The molecule has 0 rings (SSSR count). The quantitative estimate of drug-likeness (QED) is 0.249. The lowest BCUT2D eigenvalue weighted by atomic mass is 9.91. The van der Waals surface area contributed by atoms with Gasteiger partial charge in [-0.3, -0.25) is 4.79 Å². The minimum atomic E-state index is -1.21. The first-order valence-electron chi connectivity index (χ1n) is 4.48. The normalized spacial score (nSPS) is 11.7. The van der Waals surface area contributed by atoms with Gasteiger partial charge >= 0.3 is 12.2 Å². The van der Waals surface area contributed by atoms with Crippen molar-refractivity contribution in [3.63, 3.8) is 0 Å². The first kappa shape index (κ1) is 13.2. The van der Waals surface area contributed by atoms with Gasteiger partial charge in [0.1, 0.15) is 5.41 Å². The Morgan fingerprint density at radius 1 is 1.67 bits per heavy atom. The summed E-state index contributed by atoms with van der Waals surface area (Å²) in [6.07, 6.45) is 2.98. The molecule has 5 nitrogen and oxygen atoms in total. The van der Waals surface area contributed by atoms with Crippen LogP contribution in [0.4, 0.5) is 0 Å². The van der Waals surface area contributed by atoms with Crippen LogP contribution in [0.5, 0.6) is 0 Å². The molecule has 0 heterocycles. The van der Waals surface area contributed by atoms with Gasteiger partial charge in [-0.15, -0.1) is 6.58 Å². The van der Waals surface area contributed by atoms with Crippen LogP contribution in [0.1, 0.15) is 20.3 Å². The molecule has 0 fully saturated rings. The molecule has 0 atom stereocenters. The van der Waals surface area contributed by atoms with Crippen LogP contribution in [0.15, 0.2) is 24.6 Å². The van der Waals surface area contributed by atoms with Gasteiger partial charge in [0, 0.05) is 0 Å². The highest BCUT2D eigenvalue weighted by molar-refractivity contribution is 5.79. The van der Waals surface area contributed by atoms with Crippen molar-refractivity contribution in [3.05, 3.63) is 29.6 Å². The molecule has 0 aromatic rings. The molecule has 1 N–H and O–H groups in total. The van der Waals surface area contributed by atoms with Gasteiger partial charge in [0.2, 0.25) is 5.39 Å². The van der Waals surface area contributed by atoms with Crippen molar-refractivity contribution in [1.82, 2.24) is 0 Å². The van der Waals surface area contributed by atoms with Crippen molar-refractivity contribution in [2.24, 2.45) is 5.41 Å². The molecule has 0 bridgehead atoms. The second-order valence-corrected chi connectivity index (χ2v) is 3.47. The Labute approximate surface area is 88.7 Å². The van der Waals surface area contributed by atoms with Crippen molar-refractivity contribution in [1.29, 1.82) is 5.39 Å². The Balaban J connectivity index is 4.46. The van der Waals surface area contributed by atoms with Gasteiger partial charge in [0.15, 0.2) is 10.7 Å². The predicted molar refractivity (Wildman–Crippen MR) is 55.3 cm³/mol. The van der Waals surface area contributed by atoms with Crippen LogP contribution in [0.3, 0.4) is 0 Å². The Morgan fingerprint density at radius 3 is 2.73 bits per heavy atom. The lowest BCUT2D eigenvalue weighted by Gasteiger charge is -2.19. The van der Waals surface area contributed by atoms with Crippen molar-refractivity contribution >= 4 is 5.97 Å². The summed E-state index contributed by atoms with van der Waals surface area (Å²) < 4.78 is 4.88. The number of hydrogen-bond donors (Lipinski definition) is 1. The van der Waals surface area contributed by atoms with Crippen molar-refractivity contribution in [3.8, 4) is 0 Å². The number of carbonyl (C=O) groups excluding carboxylic acids is 1. The lowest BCUT2D eigenvalue weighted by Crippen LogP contribution is -2.29. The Bertz CT molecular complexity index is 313. The monoisotopic (exact) mass is 211 g/mol. The molecule has 0 aliphatic rings. The lowest BCUT2D eigenvalue weighted by molar-refractivity contribution is -0.153. The van der Waals surface area contributed by atoms with E-state index in [1.54, 1.807) is 6.08 Å². The standard InChI is InChI=1S/C10H14N2O3/c1-4-5-6-15-9(14)10(2,3)8(13)7-12-11/h4,7H,1,5-6H2,2-3H3/p+1/b8-7-. The average molecular weight is 211 g/mol. The number of diazo groups is 1. The zero-order chi connectivity index (χ0) is 11.9. The largest absolute Gasteiger partial charge is 0.505 e. The molecule has 0 unspecified atom stereocenters. The van der Waals surface area contributed by atoms with Crippen molar-refractivity contribution < 1.29 is 14.6 Å². The first-order valence-corrected chi connectivity index (χ1v) is 4.48. The highest BCUT2D eigenvalue weighted by Gasteiger charge is 2.36. The molecule has 0 spiro atoms. The van der Waals surface area contributed by atoms with Gasteiger partial charge in [0.05, 0.1) is 6.61 Å². The average Bonchev–Trinajstić information content (AvgIpc) is 2.18. The topological polar surface area (TPSA) is 74.7 Å². The molecular weight excluding hydrogens is 196 g/mol. The van der Waals surface area contributed by atoms with E-state index in [0.717, 1.165) is 6.20 Å². The van der Waals surface area contributed by atoms with E-state index in [-0.39, 0.29) is 12.4 Å². The third kappa shape index (κ3) is 3.81. The minimum absolute atomic E-state index is 0.218. The predicted octanol–water partition coefficient (Wildman–Crippen LogP) is 2.38. The van der Waals surface area contributed by atoms with Gasteiger partial charge in [-0.1, -0.05) is 6.08 Å². The Kier molecular flexibility index (Phi) is 5.10. The number of aliphatic hydroxyl groups is 1. The first-order chi connectivity index (χ1) is 6.96. The summed E-state index contributed by atoms with van der Waals surface area (Å²) in [5, 5.41) is 17.6. The van der Waals surface area contributed by atoms with Crippen molar-refractivity contribution in [2.45, 2.75) is 20.3 Å². The summed E-state index contributed by atoms with van der Waals surface area (Å²) in [7, 11) is 0. The highest BCUT2D eigenvalue weighted by atomic mass is 16.5. The third-order valence-electron chi connectivity index (χ3n) is 1.89. The van der Waals surface area contributed by atoms with E-state index in [9.17, 15) is 9.90 Å². The summed E-state index contributed by atoms with van der Waals surface area (Å²) >= 11 is 0. The zero-order valence-corrected chi connectivity index (χ0v) is 8.93. The number of carbonyl (C=O) groups is 1. The van der Waals surface area contributed by atoms with E-state index in [1.165, 1.54) is 13.8 Å². The summed E-state index contributed by atoms with van der Waals surface area (Å²) in [6.45, 7) is 6.65. The Morgan fingerprint density at radius 2 is 2.27 bits per heavy atom. The highest BCUT2D eigenvalue weighted by Crippen LogP contribution is 2.25. The van der Waals surface area contributed by atoms with Crippen LogP contribution in [0, 0.1) is 10.8 Å². The summed E-state index contributed by atoms with van der Waals surface area (Å²) in [4.78, 5) is 14.1. The number of rotatable bonds is 5. The van der Waals surface area contributed by atoms with Crippen LogP contribution in [0.25, 0.3) is 4.98 Å². The molecule has 0 amide bonds. The molecule has 0 radical (unpaired) electrons. The smallest absolute Gasteiger partial charge is 0.388 e. The summed E-state index contributed by atoms with van der Waals surface area (Å²) in [5.74, 6) is -0.935. The van der Waals surface area contributed by atoms with E-state index in [1.807, 2.05) is 0 Å². The molecular formula is C10H15N2O3+. The zero-order valence-electron chi connectivity index (χ0n) is 8.93. The number of nitrogens with zero attached hydrogens (tertiary/aromatic N) is 2. The van der Waals surface area contributed by atoms with Crippen molar-refractivity contribution in [2.75, 3.05) is 6.61 Å². The molecule has 0 aliphatic heterocycles. The van der Waals surface area contributed by atoms with Crippen LogP contribution in [0.2, 0.25) is 0 Å². The third-order valence-corrected chi connectivity index (χ3v) is 1.89. The molecule has 15 heavy (non-hydrogen) atoms. The molecule has 0 saturated carbocycles. The number of esters is 1. The molecule has 0 aliphatic carbocycles.